The zero-order chi connectivity index (χ0) is 17.0. The van der Waals surface area contributed by atoms with Crippen molar-refractivity contribution < 1.29 is 9.84 Å². The molecule has 2 aromatic heterocycles. The molecule has 0 aliphatic carbocycles. The lowest BCUT2D eigenvalue weighted by molar-refractivity contribution is 0.0124. The number of unbranched alkanes of at least 4 members (excludes halogenated alkanes) is 1. The van der Waals surface area contributed by atoms with Crippen molar-refractivity contribution in [3.63, 3.8) is 0 Å². The number of aromatic nitrogens is 2. The highest BCUT2D eigenvalue weighted by Gasteiger charge is 2.14. The summed E-state index contributed by atoms with van der Waals surface area (Å²) in [7, 11) is 0. The van der Waals surface area contributed by atoms with Crippen LogP contribution < -0.4 is 0 Å². The van der Waals surface area contributed by atoms with Crippen molar-refractivity contribution in [1.29, 1.82) is 0 Å². The molecule has 5 heteroatoms. The summed E-state index contributed by atoms with van der Waals surface area (Å²) in [6, 6.07) is 11.8. The highest BCUT2D eigenvalue weighted by Crippen LogP contribution is 2.08. The number of pyridine rings is 2. The average molecular weight is 329 g/mol. The zero-order valence-electron chi connectivity index (χ0n) is 14.3. The van der Waals surface area contributed by atoms with Crippen molar-refractivity contribution >= 4 is 0 Å². The molecule has 130 valence electrons. The van der Waals surface area contributed by atoms with E-state index in [0.717, 1.165) is 24.2 Å². The minimum Gasteiger partial charge on any atom is -0.389 e. The molecule has 0 bridgehead atoms. The van der Waals surface area contributed by atoms with Crippen LogP contribution in [0.5, 0.6) is 0 Å². The largest absolute Gasteiger partial charge is 0.389 e. The first-order valence-electron chi connectivity index (χ1n) is 8.56. The molecule has 0 aromatic carbocycles. The van der Waals surface area contributed by atoms with Gasteiger partial charge < -0.3 is 9.84 Å². The molecule has 2 heterocycles. The molecule has 24 heavy (non-hydrogen) atoms. The summed E-state index contributed by atoms with van der Waals surface area (Å²) in [6.45, 7) is 5.06. The molecule has 2 aromatic rings. The molecule has 1 N–H and O–H groups in total. The second kappa shape index (κ2) is 10.9. The first-order valence-corrected chi connectivity index (χ1v) is 8.56. The first kappa shape index (κ1) is 18.5. The number of hydrogen-bond donors (Lipinski definition) is 1. The molecule has 5 nitrogen and oxygen atoms in total. The zero-order valence-corrected chi connectivity index (χ0v) is 14.3. The summed E-state index contributed by atoms with van der Waals surface area (Å²) in [5.41, 5.74) is 1.96. The first-order chi connectivity index (χ1) is 11.8. The maximum atomic E-state index is 10.3. The van der Waals surface area contributed by atoms with Crippen LogP contribution in [0.25, 0.3) is 0 Å². The van der Waals surface area contributed by atoms with Crippen molar-refractivity contribution in [3.05, 3.63) is 60.2 Å². The third-order valence-electron chi connectivity index (χ3n) is 3.64. The molecule has 0 aliphatic heterocycles. The van der Waals surface area contributed by atoms with Crippen LogP contribution in [0.2, 0.25) is 0 Å². The Morgan fingerprint density at radius 2 is 1.67 bits per heavy atom. The predicted molar refractivity (Wildman–Crippen MR) is 94.3 cm³/mol. The normalized spacial score (nSPS) is 12.5. The fourth-order valence-electron chi connectivity index (χ4n) is 2.44. The van der Waals surface area contributed by atoms with Crippen LogP contribution in [-0.4, -0.2) is 45.8 Å². The summed E-state index contributed by atoms with van der Waals surface area (Å²) >= 11 is 0. The van der Waals surface area contributed by atoms with Crippen LogP contribution in [0.1, 0.15) is 31.2 Å². The molecule has 0 amide bonds. The van der Waals surface area contributed by atoms with E-state index in [1.165, 1.54) is 0 Å². The number of rotatable bonds is 11. The molecular weight excluding hydrogens is 302 g/mol. The van der Waals surface area contributed by atoms with E-state index in [4.69, 9.17) is 4.74 Å². The van der Waals surface area contributed by atoms with Crippen molar-refractivity contribution in [2.75, 3.05) is 19.8 Å². The van der Waals surface area contributed by atoms with Gasteiger partial charge in [0, 0.05) is 38.6 Å². The Kier molecular flexibility index (Phi) is 8.38. The Hall–Kier alpha value is -1.82. The van der Waals surface area contributed by atoms with Crippen LogP contribution in [0.4, 0.5) is 0 Å². The van der Waals surface area contributed by atoms with Gasteiger partial charge in [0.2, 0.25) is 0 Å². The molecule has 0 saturated heterocycles. The summed E-state index contributed by atoms with van der Waals surface area (Å²) in [5.74, 6) is 0. The van der Waals surface area contributed by atoms with Gasteiger partial charge in [-0.2, -0.15) is 0 Å². The Morgan fingerprint density at radius 1 is 1.04 bits per heavy atom. The smallest absolute Gasteiger partial charge is 0.0900 e. The molecule has 1 atom stereocenters. The van der Waals surface area contributed by atoms with Gasteiger partial charge in [-0.25, -0.2) is 0 Å². The van der Waals surface area contributed by atoms with E-state index in [1.807, 2.05) is 36.4 Å². The number of aliphatic hydroxyl groups excluding tert-OH is 1. The van der Waals surface area contributed by atoms with E-state index >= 15 is 0 Å². The Balaban J connectivity index is 1.91. The lowest BCUT2D eigenvalue weighted by atomic mass is 10.2. The minimum absolute atomic E-state index is 0.362. The molecule has 2 rings (SSSR count). The van der Waals surface area contributed by atoms with Gasteiger partial charge in [-0.3, -0.25) is 14.9 Å². The Morgan fingerprint density at radius 3 is 2.17 bits per heavy atom. The van der Waals surface area contributed by atoms with Crippen molar-refractivity contribution in [2.45, 2.75) is 39.0 Å². The van der Waals surface area contributed by atoms with E-state index in [1.54, 1.807) is 12.4 Å². The van der Waals surface area contributed by atoms with Crippen molar-refractivity contribution in [1.82, 2.24) is 14.9 Å². The molecule has 0 saturated carbocycles. The Bertz CT molecular complexity index is 510. The molecule has 0 aliphatic rings. The standard InChI is InChI=1S/C19H27N3O2/c1-2-3-12-24-16-19(23)15-22(13-17-8-4-6-10-20-17)14-18-9-5-7-11-21-18/h4-11,19,23H,2-3,12-16H2,1H3. The third-order valence-corrected chi connectivity index (χ3v) is 3.64. The van der Waals surface area contributed by atoms with Crippen LogP contribution in [0, 0.1) is 0 Å². The lowest BCUT2D eigenvalue weighted by Crippen LogP contribution is -2.34. The van der Waals surface area contributed by atoms with Gasteiger partial charge in [0.1, 0.15) is 0 Å². The topological polar surface area (TPSA) is 58.5 Å². The van der Waals surface area contributed by atoms with E-state index < -0.39 is 6.10 Å². The lowest BCUT2D eigenvalue weighted by Gasteiger charge is -2.24. The predicted octanol–water partition coefficient (Wildman–Crippen LogP) is 2.66. The van der Waals surface area contributed by atoms with Gasteiger partial charge in [0.05, 0.1) is 24.1 Å². The molecule has 0 spiro atoms. The number of hydrogen-bond acceptors (Lipinski definition) is 5. The van der Waals surface area contributed by atoms with Gasteiger partial charge in [0.25, 0.3) is 0 Å². The molecule has 0 radical (unpaired) electrons. The van der Waals surface area contributed by atoms with E-state index in [0.29, 0.717) is 32.8 Å². The van der Waals surface area contributed by atoms with Gasteiger partial charge >= 0.3 is 0 Å². The van der Waals surface area contributed by atoms with Crippen LogP contribution in [0.3, 0.4) is 0 Å². The van der Waals surface area contributed by atoms with Crippen LogP contribution >= 0.6 is 0 Å². The van der Waals surface area contributed by atoms with E-state index in [9.17, 15) is 5.11 Å². The maximum absolute atomic E-state index is 10.3. The second-order valence-corrected chi connectivity index (χ2v) is 5.89. The van der Waals surface area contributed by atoms with Gasteiger partial charge in [-0.15, -0.1) is 0 Å². The van der Waals surface area contributed by atoms with E-state index in [-0.39, 0.29) is 0 Å². The van der Waals surface area contributed by atoms with Crippen molar-refractivity contribution in [2.24, 2.45) is 0 Å². The number of aliphatic hydroxyl groups is 1. The van der Waals surface area contributed by atoms with Crippen LogP contribution in [0.15, 0.2) is 48.8 Å². The minimum atomic E-state index is -0.519. The van der Waals surface area contributed by atoms with Gasteiger partial charge in [-0.05, 0) is 30.7 Å². The van der Waals surface area contributed by atoms with E-state index in [2.05, 4.69) is 21.8 Å². The summed E-state index contributed by atoms with van der Waals surface area (Å²) < 4.78 is 5.53. The van der Waals surface area contributed by atoms with Gasteiger partial charge in [0.15, 0.2) is 0 Å². The average Bonchev–Trinajstić information content (AvgIpc) is 2.60. The fraction of sp³-hybridized carbons (Fsp3) is 0.474. The number of ether oxygens (including phenoxy) is 1. The monoisotopic (exact) mass is 329 g/mol. The molecule has 1 unspecified atom stereocenters. The SMILES string of the molecule is CCCCOCC(O)CN(Cc1ccccn1)Cc1ccccn1. The highest BCUT2D eigenvalue weighted by atomic mass is 16.5. The summed E-state index contributed by atoms with van der Waals surface area (Å²) in [6.07, 6.45) is 5.19. The maximum Gasteiger partial charge on any atom is 0.0900 e. The quantitative estimate of drug-likeness (QED) is 0.642. The molecule has 0 fully saturated rings. The fourth-order valence-corrected chi connectivity index (χ4v) is 2.44. The second-order valence-electron chi connectivity index (χ2n) is 5.89. The molecular formula is C19H27N3O2. The summed E-state index contributed by atoms with van der Waals surface area (Å²) in [5, 5.41) is 10.3. The highest BCUT2D eigenvalue weighted by molar-refractivity contribution is 5.06. The number of nitrogens with zero attached hydrogens (tertiary/aromatic N) is 3. The Labute approximate surface area is 144 Å². The summed E-state index contributed by atoms with van der Waals surface area (Å²) in [4.78, 5) is 10.9. The third kappa shape index (κ3) is 7.17. The van der Waals surface area contributed by atoms with Crippen LogP contribution in [-0.2, 0) is 17.8 Å². The van der Waals surface area contributed by atoms with Gasteiger partial charge in [-0.1, -0.05) is 25.5 Å². The van der Waals surface area contributed by atoms with Crippen molar-refractivity contribution in [3.8, 4) is 0 Å².